The van der Waals surface area contributed by atoms with Crippen LogP contribution in [0.2, 0.25) is 0 Å². The number of amides is 1. The minimum atomic E-state index is -0.789. The number of ether oxygens (including phenoxy) is 2. The van der Waals surface area contributed by atoms with E-state index in [0.717, 1.165) is 18.2 Å². The van der Waals surface area contributed by atoms with Crippen molar-refractivity contribution >= 4 is 23.5 Å². The van der Waals surface area contributed by atoms with E-state index in [1.807, 2.05) is 0 Å². The van der Waals surface area contributed by atoms with E-state index in [1.165, 1.54) is 37.6 Å². The first-order valence-corrected chi connectivity index (χ1v) is 9.20. The lowest BCUT2D eigenvalue weighted by Gasteiger charge is -2.11. The molecule has 12 heteroatoms. The summed E-state index contributed by atoms with van der Waals surface area (Å²) < 4.78 is 10.8. The van der Waals surface area contributed by atoms with Crippen molar-refractivity contribution in [3.8, 4) is 23.0 Å². The van der Waals surface area contributed by atoms with Gasteiger partial charge in [-0.15, -0.1) is 0 Å². The van der Waals surface area contributed by atoms with E-state index in [0.29, 0.717) is 5.56 Å². The van der Waals surface area contributed by atoms with Gasteiger partial charge in [-0.1, -0.05) is 12.1 Å². The third-order valence-electron chi connectivity index (χ3n) is 4.29. The molecule has 0 aromatic heterocycles. The molecule has 0 aliphatic carbocycles. The number of methoxy groups -OCH3 is 1. The van der Waals surface area contributed by atoms with Gasteiger partial charge in [-0.25, -0.2) is 5.43 Å². The molecule has 12 nitrogen and oxygen atoms in total. The number of phenols is 1. The van der Waals surface area contributed by atoms with Crippen LogP contribution in [0, 0.1) is 20.2 Å². The number of hydrogen-bond donors (Lipinski definition) is 2. The van der Waals surface area contributed by atoms with Gasteiger partial charge in [0.15, 0.2) is 11.5 Å². The van der Waals surface area contributed by atoms with Gasteiger partial charge in [0.25, 0.3) is 11.6 Å². The van der Waals surface area contributed by atoms with E-state index in [1.54, 1.807) is 18.2 Å². The summed E-state index contributed by atoms with van der Waals surface area (Å²) >= 11 is 0. The number of non-ortho nitro benzene ring substituents is 1. The molecule has 0 unspecified atom stereocenters. The van der Waals surface area contributed by atoms with Crippen molar-refractivity contribution in [3.05, 3.63) is 92.0 Å². The van der Waals surface area contributed by atoms with Crippen molar-refractivity contribution in [2.24, 2.45) is 5.10 Å². The van der Waals surface area contributed by atoms with Gasteiger partial charge < -0.3 is 14.6 Å². The fourth-order valence-corrected chi connectivity index (χ4v) is 2.71. The predicted molar refractivity (Wildman–Crippen MR) is 116 cm³/mol. The molecule has 0 aliphatic rings. The van der Waals surface area contributed by atoms with Crippen molar-refractivity contribution in [2.45, 2.75) is 0 Å². The fraction of sp³-hybridized carbons (Fsp3) is 0.0476. The summed E-state index contributed by atoms with van der Waals surface area (Å²) in [4.78, 5) is 32.7. The number of aromatic hydroxyl groups is 1. The highest BCUT2D eigenvalue weighted by molar-refractivity contribution is 5.97. The number of hydrogen-bond acceptors (Lipinski definition) is 9. The van der Waals surface area contributed by atoms with E-state index in [-0.39, 0.29) is 28.6 Å². The number of nitro benzene ring substituents is 2. The van der Waals surface area contributed by atoms with Gasteiger partial charge in [0.05, 0.1) is 34.8 Å². The van der Waals surface area contributed by atoms with E-state index < -0.39 is 27.1 Å². The Morgan fingerprint density at radius 1 is 1.00 bits per heavy atom. The first-order valence-electron chi connectivity index (χ1n) is 9.20. The lowest BCUT2D eigenvalue weighted by Crippen LogP contribution is -2.17. The van der Waals surface area contributed by atoms with Gasteiger partial charge in [0, 0.05) is 6.07 Å². The second kappa shape index (κ2) is 9.87. The van der Waals surface area contributed by atoms with E-state index in [4.69, 9.17) is 9.47 Å². The largest absolute Gasteiger partial charge is 0.507 e. The van der Waals surface area contributed by atoms with Crippen LogP contribution < -0.4 is 14.9 Å². The van der Waals surface area contributed by atoms with Gasteiger partial charge in [-0.2, -0.15) is 5.10 Å². The van der Waals surface area contributed by atoms with Crippen LogP contribution in [0.3, 0.4) is 0 Å². The van der Waals surface area contributed by atoms with Crippen molar-refractivity contribution in [1.82, 2.24) is 5.43 Å². The van der Waals surface area contributed by atoms with Crippen LogP contribution in [-0.4, -0.2) is 34.2 Å². The number of phenolic OH excluding ortho intramolecular Hbond substituents is 1. The standard InChI is InChI=1S/C21H16N4O8/c1-32-20-10-13(12-22-23-21(27)15-4-2-3-5-17(15)26)6-8-19(20)33-18-9-7-14(24(28)29)11-16(18)25(30)31/h2-12,26H,1H3,(H,23,27)/b22-12+. The quantitative estimate of drug-likeness (QED) is 0.296. The zero-order valence-corrected chi connectivity index (χ0v) is 17.0. The molecule has 0 aliphatic heterocycles. The SMILES string of the molecule is COc1cc(/C=N/NC(=O)c2ccccc2O)ccc1Oc1ccc([N+](=O)[O-])cc1[N+](=O)[O-]. The Morgan fingerprint density at radius 2 is 1.73 bits per heavy atom. The average Bonchev–Trinajstić information content (AvgIpc) is 2.80. The van der Waals surface area contributed by atoms with E-state index in [2.05, 4.69) is 10.5 Å². The van der Waals surface area contributed by atoms with Gasteiger partial charge >= 0.3 is 5.69 Å². The summed E-state index contributed by atoms with van der Waals surface area (Å²) in [6.45, 7) is 0. The number of carbonyl (C=O) groups is 1. The zero-order chi connectivity index (χ0) is 24.0. The number of rotatable bonds is 8. The number of para-hydroxylation sites is 1. The number of hydrazone groups is 1. The molecule has 1 amide bonds. The first-order chi connectivity index (χ1) is 15.8. The number of carbonyl (C=O) groups excluding carboxylic acids is 1. The van der Waals surface area contributed by atoms with Crippen molar-refractivity contribution in [3.63, 3.8) is 0 Å². The minimum absolute atomic E-state index is 0.0562. The summed E-state index contributed by atoms with van der Waals surface area (Å²) in [5, 5.41) is 35.7. The lowest BCUT2D eigenvalue weighted by atomic mass is 10.2. The molecule has 3 rings (SSSR count). The molecule has 3 aromatic carbocycles. The van der Waals surface area contributed by atoms with Gasteiger partial charge in [-0.05, 0) is 42.0 Å². The number of nitrogens with zero attached hydrogens (tertiary/aromatic N) is 3. The topological polar surface area (TPSA) is 166 Å². The Labute approximate surface area is 186 Å². The highest BCUT2D eigenvalue weighted by Crippen LogP contribution is 2.38. The normalized spacial score (nSPS) is 10.6. The Kier molecular flexibility index (Phi) is 6.78. The van der Waals surface area contributed by atoms with Gasteiger partial charge in [0.2, 0.25) is 5.75 Å². The molecule has 0 saturated carbocycles. The predicted octanol–water partition coefficient (Wildman–Crippen LogP) is 3.77. The lowest BCUT2D eigenvalue weighted by molar-refractivity contribution is -0.394. The molecule has 0 heterocycles. The van der Waals surface area contributed by atoms with Gasteiger partial charge in [0.1, 0.15) is 5.75 Å². The zero-order valence-electron chi connectivity index (χ0n) is 17.0. The molecular formula is C21H16N4O8. The van der Waals surface area contributed by atoms with E-state index >= 15 is 0 Å². The summed E-state index contributed by atoms with van der Waals surface area (Å²) in [7, 11) is 1.35. The maximum atomic E-state index is 12.1. The highest BCUT2D eigenvalue weighted by Gasteiger charge is 2.22. The first kappa shape index (κ1) is 22.7. The molecule has 33 heavy (non-hydrogen) atoms. The maximum absolute atomic E-state index is 12.1. The Bertz CT molecular complexity index is 1260. The molecule has 168 valence electrons. The number of nitrogens with one attached hydrogen (secondary N) is 1. The third kappa shape index (κ3) is 5.38. The van der Waals surface area contributed by atoms with Crippen LogP contribution in [0.25, 0.3) is 0 Å². The summed E-state index contributed by atoms with van der Waals surface area (Å²) in [5.41, 5.74) is 1.81. The summed E-state index contributed by atoms with van der Waals surface area (Å²) in [6.07, 6.45) is 1.32. The minimum Gasteiger partial charge on any atom is -0.507 e. The summed E-state index contributed by atoms with van der Waals surface area (Å²) in [6, 6.07) is 13.5. The third-order valence-corrected chi connectivity index (χ3v) is 4.29. The van der Waals surface area contributed by atoms with Crippen LogP contribution in [0.1, 0.15) is 15.9 Å². The van der Waals surface area contributed by atoms with Crippen molar-refractivity contribution in [2.75, 3.05) is 7.11 Å². The van der Waals surface area contributed by atoms with Crippen molar-refractivity contribution < 1.29 is 29.2 Å². The smallest absolute Gasteiger partial charge is 0.318 e. The second-order valence-electron chi connectivity index (χ2n) is 6.39. The molecule has 3 aromatic rings. The van der Waals surface area contributed by atoms with Crippen LogP contribution >= 0.6 is 0 Å². The number of benzene rings is 3. The Hall–Kier alpha value is -5.00. The molecule has 0 spiro atoms. The molecule has 0 bridgehead atoms. The Balaban J connectivity index is 1.78. The molecule has 2 N–H and O–H groups in total. The number of nitro groups is 2. The van der Waals surface area contributed by atoms with Crippen LogP contribution in [0.4, 0.5) is 11.4 Å². The molecule has 0 atom stereocenters. The highest BCUT2D eigenvalue weighted by atomic mass is 16.6. The van der Waals surface area contributed by atoms with Crippen LogP contribution in [0.15, 0.2) is 65.8 Å². The van der Waals surface area contributed by atoms with Crippen LogP contribution in [0.5, 0.6) is 23.0 Å². The molecule has 0 radical (unpaired) electrons. The second-order valence-corrected chi connectivity index (χ2v) is 6.39. The van der Waals surface area contributed by atoms with Gasteiger partial charge in [-0.3, -0.25) is 25.0 Å². The average molecular weight is 452 g/mol. The monoisotopic (exact) mass is 452 g/mol. The maximum Gasteiger partial charge on any atom is 0.318 e. The molecular weight excluding hydrogens is 436 g/mol. The van der Waals surface area contributed by atoms with Crippen LogP contribution in [-0.2, 0) is 0 Å². The van der Waals surface area contributed by atoms with Crippen molar-refractivity contribution in [1.29, 1.82) is 0 Å². The van der Waals surface area contributed by atoms with E-state index in [9.17, 15) is 30.1 Å². The fourth-order valence-electron chi connectivity index (χ4n) is 2.71. The summed E-state index contributed by atoms with van der Waals surface area (Å²) in [5.74, 6) is -0.695. The Morgan fingerprint density at radius 3 is 2.39 bits per heavy atom. The molecule has 0 saturated heterocycles. The molecule has 0 fully saturated rings.